The van der Waals surface area contributed by atoms with Gasteiger partial charge >= 0.3 is 5.97 Å². The first-order valence-electron chi connectivity index (χ1n) is 8.96. The number of aromatic carboxylic acids is 1. The van der Waals surface area contributed by atoms with Crippen molar-refractivity contribution in [1.29, 1.82) is 0 Å². The minimum atomic E-state index is -1.16. The second-order valence-electron chi connectivity index (χ2n) is 7.41. The van der Waals surface area contributed by atoms with E-state index >= 15 is 0 Å². The molecule has 0 aromatic carbocycles. The fraction of sp³-hybridized carbons (Fsp3) is 0.333. The van der Waals surface area contributed by atoms with Crippen molar-refractivity contribution in [2.24, 2.45) is 0 Å². The van der Waals surface area contributed by atoms with Crippen molar-refractivity contribution in [3.63, 3.8) is 0 Å². The van der Waals surface area contributed by atoms with Gasteiger partial charge in [0, 0.05) is 6.20 Å². The largest absolute Gasteiger partial charge is 0.477 e. The molecule has 0 radical (unpaired) electrons. The zero-order valence-corrected chi connectivity index (χ0v) is 16.2. The number of carboxylic acid groups (broad SMARTS) is 1. The highest BCUT2D eigenvalue weighted by Gasteiger charge is 2.30. The molecule has 2 aromatic heterocycles. The Kier molecular flexibility index (Phi) is 4.11. The Morgan fingerprint density at radius 1 is 1.23 bits per heavy atom. The Morgan fingerprint density at radius 3 is 2.54 bits per heavy atom. The van der Waals surface area contributed by atoms with E-state index in [-0.39, 0.29) is 5.56 Å². The van der Waals surface area contributed by atoms with Crippen molar-refractivity contribution < 1.29 is 9.90 Å². The standard InChI is InChI=1S/C21H22NO3P/c1-11-3-5-14(6-4-11)18-12(2)19-15(13-7-8-13)9-16(21(24)25)20(23)22(19)10-17(18)26/h3,5,9-10,13H,4,6-8,26H2,1-2H3,(H,24,25). The van der Waals surface area contributed by atoms with Gasteiger partial charge in [0.1, 0.15) is 5.56 Å². The predicted molar refractivity (Wildman–Crippen MR) is 108 cm³/mol. The van der Waals surface area contributed by atoms with E-state index < -0.39 is 11.5 Å². The first kappa shape index (κ1) is 17.2. The Labute approximate surface area is 154 Å². The van der Waals surface area contributed by atoms with Gasteiger partial charge < -0.3 is 5.11 Å². The minimum absolute atomic E-state index is 0.142. The topological polar surface area (TPSA) is 58.8 Å². The predicted octanol–water partition coefficient (Wildman–Crippen LogP) is 3.81. The van der Waals surface area contributed by atoms with Crippen LogP contribution in [0.5, 0.6) is 0 Å². The van der Waals surface area contributed by atoms with E-state index in [9.17, 15) is 14.7 Å². The molecular formula is C21H22NO3P. The molecular weight excluding hydrogens is 345 g/mol. The molecule has 2 aliphatic carbocycles. The zero-order valence-electron chi connectivity index (χ0n) is 15.0. The molecule has 0 saturated heterocycles. The van der Waals surface area contributed by atoms with Crippen LogP contribution in [0.4, 0.5) is 0 Å². The van der Waals surface area contributed by atoms with Crippen molar-refractivity contribution in [2.75, 3.05) is 0 Å². The molecule has 1 unspecified atom stereocenters. The highest BCUT2D eigenvalue weighted by molar-refractivity contribution is 7.27. The maximum Gasteiger partial charge on any atom is 0.341 e. The highest BCUT2D eigenvalue weighted by Crippen LogP contribution is 2.43. The fourth-order valence-electron chi connectivity index (χ4n) is 3.95. The molecule has 0 bridgehead atoms. The Morgan fingerprint density at radius 2 is 1.96 bits per heavy atom. The summed E-state index contributed by atoms with van der Waals surface area (Å²) in [6.45, 7) is 4.19. The summed E-state index contributed by atoms with van der Waals surface area (Å²) in [6, 6.07) is 1.61. The van der Waals surface area contributed by atoms with E-state index in [1.54, 1.807) is 16.7 Å². The van der Waals surface area contributed by atoms with Crippen LogP contribution in [0, 0.1) is 6.92 Å². The lowest BCUT2D eigenvalue weighted by Gasteiger charge is -2.21. The summed E-state index contributed by atoms with van der Waals surface area (Å²) >= 11 is 0. The second-order valence-corrected chi connectivity index (χ2v) is 8.03. The van der Waals surface area contributed by atoms with Crippen LogP contribution in [0.1, 0.15) is 65.6 Å². The normalized spacial score (nSPS) is 17.2. The van der Waals surface area contributed by atoms with Crippen molar-refractivity contribution >= 4 is 31.6 Å². The van der Waals surface area contributed by atoms with Gasteiger partial charge in [0.25, 0.3) is 5.56 Å². The Balaban J connectivity index is 2.07. The van der Waals surface area contributed by atoms with Gasteiger partial charge in [-0.05, 0) is 79.1 Å². The van der Waals surface area contributed by atoms with Gasteiger partial charge in [0.2, 0.25) is 0 Å². The molecule has 5 heteroatoms. The van der Waals surface area contributed by atoms with E-state index in [2.05, 4.69) is 35.2 Å². The van der Waals surface area contributed by atoms with Crippen LogP contribution in [-0.4, -0.2) is 15.5 Å². The van der Waals surface area contributed by atoms with Gasteiger partial charge in [-0.25, -0.2) is 4.79 Å². The summed E-state index contributed by atoms with van der Waals surface area (Å²) in [5.41, 5.74) is 6.16. The Bertz CT molecular complexity index is 1070. The lowest BCUT2D eigenvalue weighted by atomic mass is 9.90. The van der Waals surface area contributed by atoms with Gasteiger partial charge in [-0.3, -0.25) is 9.20 Å². The number of aryl methyl sites for hydroxylation is 1. The van der Waals surface area contributed by atoms with Gasteiger partial charge in [-0.2, -0.15) is 0 Å². The SMILES string of the molecule is CC1=CC=C(c2c(P)cn3c(=O)c(C(=O)O)cc(C4CC4)c3c2C)CC1. The molecule has 134 valence electrons. The van der Waals surface area contributed by atoms with Crippen molar-refractivity contribution in [1.82, 2.24) is 4.40 Å². The summed E-state index contributed by atoms with van der Waals surface area (Å²) in [7, 11) is 2.72. The third-order valence-electron chi connectivity index (χ3n) is 5.48. The van der Waals surface area contributed by atoms with E-state index in [0.717, 1.165) is 47.6 Å². The number of nitrogens with zero attached hydrogens (tertiary/aromatic N) is 1. The summed E-state index contributed by atoms with van der Waals surface area (Å²) in [4.78, 5) is 24.3. The maximum absolute atomic E-state index is 12.7. The monoisotopic (exact) mass is 367 g/mol. The van der Waals surface area contributed by atoms with Crippen LogP contribution in [0.2, 0.25) is 0 Å². The van der Waals surface area contributed by atoms with Gasteiger partial charge in [0.05, 0.1) is 5.52 Å². The molecule has 0 aliphatic heterocycles. The summed E-state index contributed by atoms with van der Waals surface area (Å²) in [5, 5.41) is 10.4. The number of carboxylic acids is 1. The average molecular weight is 367 g/mol. The first-order chi connectivity index (χ1) is 12.4. The quantitative estimate of drug-likeness (QED) is 0.840. The average Bonchev–Trinajstić information content (AvgIpc) is 3.42. The van der Waals surface area contributed by atoms with Crippen LogP contribution < -0.4 is 10.9 Å². The third kappa shape index (κ3) is 2.73. The zero-order chi connectivity index (χ0) is 18.6. The number of fused-ring (bicyclic) bond motifs is 1. The van der Waals surface area contributed by atoms with Crippen LogP contribution in [0.25, 0.3) is 11.1 Å². The van der Waals surface area contributed by atoms with Crippen LogP contribution in [0.3, 0.4) is 0 Å². The molecule has 2 aliphatic rings. The number of rotatable bonds is 3. The summed E-state index contributed by atoms with van der Waals surface area (Å²) < 4.78 is 1.54. The summed E-state index contributed by atoms with van der Waals surface area (Å²) in [5.74, 6) is -0.804. The molecule has 1 fully saturated rings. The van der Waals surface area contributed by atoms with E-state index in [1.807, 2.05) is 0 Å². The van der Waals surface area contributed by atoms with Crippen molar-refractivity contribution in [2.45, 2.75) is 45.4 Å². The summed E-state index contributed by atoms with van der Waals surface area (Å²) in [6.07, 6.45) is 10.2. The molecule has 1 atom stereocenters. The van der Waals surface area contributed by atoms with E-state index in [0.29, 0.717) is 5.92 Å². The molecule has 2 aromatic rings. The highest BCUT2D eigenvalue weighted by atomic mass is 31.0. The Hall–Kier alpha value is -2.19. The number of aromatic nitrogens is 1. The maximum atomic E-state index is 12.7. The molecule has 0 amide bonds. The molecule has 26 heavy (non-hydrogen) atoms. The third-order valence-corrected chi connectivity index (χ3v) is 5.91. The molecule has 2 heterocycles. The smallest absolute Gasteiger partial charge is 0.341 e. The molecule has 1 N–H and O–H groups in total. The molecule has 4 nitrogen and oxygen atoms in total. The molecule has 4 rings (SSSR count). The van der Waals surface area contributed by atoms with Gasteiger partial charge in [-0.1, -0.05) is 17.7 Å². The van der Waals surface area contributed by atoms with Crippen LogP contribution in [-0.2, 0) is 0 Å². The van der Waals surface area contributed by atoms with E-state index in [4.69, 9.17) is 0 Å². The molecule has 1 saturated carbocycles. The molecule has 0 spiro atoms. The van der Waals surface area contributed by atoms with E-state index in [1.165, 1.54) is 16.7 Å². The van der Waals surface area contributed by atoms with Gasteiger partial charge in [0.15, 0.2) is 0 Å². The fourth-order valence-corrected chi connectivity index (χ4v) is 4.50. The lowest BCUT2D eigenvalue weighted by molar-refractivity contribution is 0.0694. The van der Waals surface area contributed by atoms with Crippen LogP contribution in [0.15, 0.2) is 34.8 Å². The van der Waals surface area contributed by atoms with Crippen molar-refractivity contribution in [3.05, 3.63) is 62.6 Å². The number of hydrogen-bond acceptors (Lipinski definition) is 2. The second kappa shape index (κ2) is 6.21. The minimum Gasteiger partial charge on any atom is -0.477 e. The van der Waals surface area contributed by atoms with Crippen LogP contribution >= 0.6 is 9.24 Å². The number of allylic oxidation sites excluding steroid dienone is 4. The number of hydrogen-bond donors (Lipinski definition) is 1. The van der Waals surface area contributed by atoms with Crippen molar-refractivity contribution in [3.8, 4) is 0 Å². The number of pyridine rings is 2. The first-order valence-corrected chi connectivity index (χ1v) is 9.54. The lowest BCUT2D eigenvalue weighted by Crippen LogP contribution is -2.26. The van der Waals surface area contributed by atoms with Gasteiger partial charge in [-0.15, -0.1) is 9.24 Å². The number of carbonyl (C=O) groups is 1.